The second-order valence-corrected chi connectivity index (χ2v) is 3.98. The first kappa shape index (κ1) is 11.3. The standard InChI is InChI=1S/C10H9ClO2S/c1-14-10(13)6-9(12)7-2-4-8(11)5-3-7/h2-5H,6H2,1H3. The minimum absolute atomic E-state index is 0.0528. The van der Waals surface area contributed by atoms with E-state index in [4.69, 9.17) is 11.6 Å². The van der Waals surface area contributed by atoms with Crippen molar-refractivity contribution in [3.63, 3.8) is 0 Å². The summed E-state index contributed by atoms with van der Waals surface area (Å²) in [6.07, 6.45) is 1.61. The number of benzene rings is 1. The zero-order valence-corrected chi connectivity index (χ0v) is 9.19. The van der Waals surface area contributed by atoms with Crippen molar-refractivity contribution in [3.8, 4) is 0 Å². The van der Waals surface area contributed by atoms with Crippen LogP contribution in [0.2, 0.25) is 5.02 Å². The van der Waals surface area contributed by atoms with E-state index in [9.17, 15) is 9.59 Å². The maximum atomic E-state index is 11.4. The number of rotatable bonds is 3. The summed E-state index contributed by atoms with van der Waals surface area (Å²) in [6, 6.07) is 6.52. The number of carbonyl (C=O) groups excluding carboxylic acids is 2. The summed E-state index contributed by atoms with van der Waals surface area (Å²) >= 11 is 6.73. The van der Waals surface area contributed by atoms with E-state index in [0.29, 0.717) is 10.6 Å². The lowest BCUT2D eigenvalue weighted by molar-refractivity contribution is -0.110. The Bertz CT molecular complexity index is 346. The summed E-state index contributed by atoms with van der Waals surface area (Å²) in [5, 5.41) is 0.461. The molecule has 0 atom stereocenters. The van der Waals surface area contributed by atoms with Crippen LogP contribution in [0.1, 0.15) is 16.8 Å². The summed E-state index contributed by atoms with van der Waals surface area (Å²) in [7, 11) is 0. The van der Waals surface area contributed by atoms with E-state index >= 15 is 0 Å². The van der Waals surface area contributed by atoms with Gasteiger partial charge in [-0.25, -0.2) is 0 Å². The molecule has 0 saturated carbocycles. The lowest BCUT2D eigenvalue weighted by Gasteiger charge is -1.98. The third-order valence-corrected chi connectivity index (χ3v) is 2.55. The second-order valence-electron chi connectivity index (χ2n) is 2.68. The van der Waals surface area contributed by atoms with Crippen LogP contribution in [-0.2, 0) is 4.79 Å². The average Bonchev–Trinajstić information content (AvgIpc) is 2.18. The second kappa shape index (κ2) is 5.17. The Balaban J connectivity index is 2.70. The first-order valence-corrected chi connectivity index (χ1v) is 5.59. The van der Waals surface area contributed by atoms with Gasteiger partial charge in [0, 0.05) is 10.6 Å². The Morgan fingerprint density at radius 2 is 1.86 bits per heavy atom. The highest BCUT2D eigenvalue weighted by molar-refractivity contribution is 8.13. The van der Waals surface area contributed by atoms with E-state index in [1.165, 1.54) is 0 Å². The maximum absolute atomic E-state index is 11.4. The van der Waals surface area contributed by atoms with Gasteiger partial charge in [0.1, 0.15) is 0 Å². The van der Waals surface area contributed by atoms with E-state index in [1.54, 1.807) is 30.5 Å². The zero-order valence-electron chi connectivity index (χ0n) is 7.62. The number of hydrogen-bond donors (Lipinski definition) is 0. The molecule has 0 heterocycles. The van der Waals surface area contributed by atoms with E-state index in [1.807, 2.05) is 0 Å². The molecule has 0 saturated heterocycles. The van der Waals surface area contributed by atoms with Crippen LogP contribution in [0.25, 0.3) is 0 Å². The number of carbonyl (C=O) groups is 2. The molecule has 0 aliphatic rings. The van der Waals surface area contributed by atoms with Crippen LogP contribution >= 0.6 is 23.4 Å². The van der Waals surface area contributed by atoms with Crippen molar-refractivity contribution in [3.05, 3.63) is 34.9 Å². The molecule has 4 heteroatoms. The molecule has 0 amide bonds. The molecule has 1 aromatic rings. The fourth-order valence-electron chi connectivity index (χ4n) is 0.941. The van der Waals surface area contributed by atoms with E-state index in [0.717, 1.165) is 11.8 Å². The molecular weight excluding hydrogens is 220 g/mol. The van der Waals surface area contributed by atoms with Gasteiger partial charge in [-0.15, -0.1) is 0 Å². The van der Waals surface area contributed by atoms with Gasteiger partial charge >= 0.3 is 0 Å². The van der Waals surface area contributed by atoms with Gasteiger partial charge < -0.3 is 0 Å². The summed E-state index contributed by atoms with van der Waals surface area (Å²) < 4.78 is 0. The first-order valence-electron chi connectivity index (χ1n) is 3.99. The Morgan fingerprint density at radius 1 is 1.29 bits per heavy atom. The molecule has 0 spiro atoms. The monoisotopic (exact) mass is 228 g/mol. The van der Waals surface area contributed by atoms with Crippen LogP contribution in [0.15, 0.2) is 24.3 Å². The third kappa shape index (κ3) is 3.16. The van der Waals surface area contributed by atoms with Crippen molar-refractivity contribution in [2.75, 3.05) is 6.26 Å². The van der Waals surface area contributed by atoms with E-state index < -0.39 is 0 Å². The Kier molecular flexibility index (Phi) is 4.17. The summed E-state index contributed by atoms with van der Waals surface area (Å²) in [6.45, 7) is 0. The summed E-state index contributed by atoms with van der Waals surface area (Å²) in [4.78, 5) is 22.4. The van der Waals surface area contributed by atoms with Gasteiger partial charge in [-0.3, -0.25) is 9.59 Å². The predicted molar refractivity (Wildman–Crippen MR) is 58.9 cm³/mol. The number of hydrogen-bond acceptors (Lipinski definition) is 3. The highest BCUT2D eigenvalue weighted by Crippen LogP contribution is 2.12. The van der Waals surface area contributed by atoms with Crippen molar-refractivity contribution in [1.29, 1.82) is 0 Å². The minimum atomic E-state index is -0.166. The highest BCUT2D eigenvalue weighted by atomic mass is 35.5. The van der Waals surface area contributed by atoms with Crippen molar-refractivity contribution in [1.82, 2.24) is 0 Å². The molecule has 0 aliphatic heterocycles. The molecule has 0 bridgehead atoms. The SMILES string of the molecule is CSC(=O)CC(=O)c1ccc(Cl)cc1. The normalized spacial score (nSPS) is 9.86. The van der Waals surface area contributed by atoms with Crippen molar-refractivity contribution in [2.45, 2.75) is 6.42 Å². The quantitative estimate of drug-likeness (QED) is 0.589. The van der Waals surface area contributed by atoms with Crippen LogP contribution in [-0.4, -0.2) is 17.2 Å². The molecule has 0 fully saturated rings. The topological polar surface area (TPSA) is 34.1 Å². The van der Waals surface area contributed by atoms with Gasteiger partial charge in [-0.2, -0.15) is 0 Å². The molecule has 14 heavy (non-hydrogen) atoms. The van der Waals surface area contributed by atoms with Crippen molar-refractivity contribution >= 4 is 34.3 Å². The zero-order chi connectivity index (χ0) is 10.6. The Labute approximate surface area is 91.6 Å². The molecule has 0 N–H and O–H groups in total. The lowest BCUT2D eigenvalue weighted by Crippen LogP contribution is -2.04. The summed E-state index contributed by atoms with van der Waals surface area (Å²) in [5.74, 6) is -0.166. The van der Waals surface area contributed by atoms with Gasteiger partial charge in [-0.1, -0.05) is 23.4 Å². The molecular formula is C10H9ClO2S. The van der Waals surface area contributed by atoms with Gasteiger partial charge in [0.15, 0.2) is 10.9 Å². The fourth-order valence-corrected chi connectivity index (χ4v) is 1.34. The number of halogens is 1. The van der Waals surface area contributed by atoms with Crippen LogP contribution in [0, 0.1) is 0 Å². The van der Waals surface area contributed by atoms with E-state index in [-0.39, 0.29) is 17.3 Å². The third-order valence-electron chi connectivity index (χ3n) is 1.70. The molecule has 0 unspecified atom stereocenters. The number of thioether (sulfide) groups is 1. The van der Waals surface area contributed by atoms with E-state index in [2.05, 4.69) is 0 Å². The molecule has 2 nitrogen and oxygen atoms in total. The smallest absolute Gasteiger partial charge is 0.196 e. The Morgan fingerprint density at radius 3 is 2.36 bits per heavy atom. The molecule has 1 rings (SSSR count). The molecule has 74 valence electrons. The van der Waals surface area contributed by atoms with Crippen LogP contribution in [0.5, 0.6) is 0 Å². The molecule has 0 aliphatic carbocycles. The summed E-state index contributed by atoms with van der Waals surface area (Å²) in [5.41, 5.74) is 0.525. The fraction of sp³-hybridized carbons (Fsp3) is 0.200. The highest BCUT2D eigenvalue weighted by Gasteiger charge is 2.10. The minimum Gasteiger partial charge on any atom is -0.294 e. The van der Waals surface area contributed by atoms with Crippen LogP contribution < -0.4 is 0 Å². The average molecular weight is 229 g/mol. The van der Waals surface area contributed by atoms with Crippen LogP contribution in [0.3, 0.4) is 0 Å². The van der Waals surface area contributed by atoms with Gasteiger partial charge in [0.25, 0.3) is 0 Å². The van der Waals surface area contributed by atoms with Gasteiger partial charge in [-0.05, 0) is 30.5 Å². The first-order chi connectivity index (χ1) is 6.63. The molecule has 0 radical (unpaired) electrons. The predicted octanol–water partition coefficient (Wildman–Crippen LogP) is 2.80. The maximum Gasteiger partial charge on any atom is 0.196 e. The lowest BCUT2D eigenvalue weighted by atomic mass is 10.1. The van der Waals surface area contributed by atoms with Crippen molar-refractivity contribution in [2.24, 2.45) is 0 Å². The molecule has 1 aromatic carbocycles. The number of Topliss-reactive ketones (excluding diaryl/α,β-unsaturated/α-hetero) is 1. The number of ketones is 1. The van der Waals surface area contributed by atoms with Gasteiger partial charge in [0.05, 0.1) is 6.42 Å². The van der Waals surface area contributed by atoms with Gasteiger partial charge in [0.2, 0.25) is 0 Å². The largest absolute Gasteiger partial charge is 0.294 e. The van der Waals surface area contributed by atoms with Crippen molar-refractivity contribution < 1.29 is 9.59 Å². The Hall–Kier alpha value is -0.800. The van der Waals surface area contributed by atoms with Crippen LogP contribution in [0.4, 0.5) is 0 Å². The molecule has 0 aromatic heterocycles.